The van der Waals surface area contributed by atoms with Crippen LogP contribution in [-0.2, 0) is 0 Å². The van der Waals surface area contributed by atoms with Crippen LogP contribution in [0.15, 0.2) is 0 Å². The van der Waals surface area contributed by atoms with Gasteiger partial charge in [0.25, 0.3) is 0 Å². The molecule has 2 saturated carbocycles. The molecule has 0 spiro atoms. The minimum atomic E-state index is -0.198. The Kier molecular flexibility index (Phi) is 4.97. The summed E-state index contributed by atoms with van der Waals surface area (Å²) in [5.41, 5.74) is 0. The summed E-state index contributed by atoms with van der Waals surface area (Å²) in [4.78, 5) is 4.75. The average molecular weight is 281 g/mol. The zero-order chi connectivity index (χ0) is 13.9. The van der Waals surface area contributed by atoms with Crippen LogP contribution in [0.5, 0.6) is 0 Å². The van der Waals surface area contributed by atoms with Crippen molar-refractivity contribution in [3.05, 3.63) is 0 Å². The molecule has 0 aromatic carbocycles. The fraction of sp³-hybridized carbons (Fsp3) is 1.00. The van der Waals surface area contributed by atoms with Crippen molar-refractivity contribution in [3.63, 3.8) is 0 Å². The molecular weight excluding hydrogens is 250 g/mol. The fourth-order valence-electron chi connectivity index (χ4n) is 4.68. The Labute approximate surface area is 123 Å². The topological polar surface area (TPSA) is 38.7 Å². The molecule has 4 heteroatoms. The van der Waals surface area contributed by atoms with Gasteiger partial charge in [0.05, 0.1) is 6.10 Å². The quantitative estimate of drug-likeness (QED) is 0.749. The summed E-state index contributed by atoms with van der Waals surface area (Å²) in [5, 5.41) is 13.6. The smallest absolute Gasteiger partial charge is 0.0793 e. The molecule has 0 aromatic heterocycles. The molecule has 0 amide bonds. The molecule has 20 heavy (non-hydrogen) atoms. The number of fused-ring (bicyclic) bond motifs is 2. The molecule has 1 heterocycles. The van der Waals surface area contributed by atoms with Gasteiger partial charge in [-0.1, -0.05) is 6.42 Å². The Bertz CT molecular complexity index is 306. The molecule has 1 aliphatic heterocycles. The monoisotopic (exact) mass is 281 g/mol. The van der Waals surface area contributed by atoms with E-state index in [2.05, 4.69) is 22.2 Å². The number of aliphatic hydroxyl groups excluding tert-OH is 1. The number of hydrogen-bond donors (Lipinski definition) is 2. The number of nitrogens with one attached hydrogen (secondary N) is 1. The maximum atomic E-state index is 10.3. The van der Waals surface area contributed by atoms with E-state index in [0.29, 0.717) is 0 Å². The van der Waals surface area contributed by atoms with Gasteiger partial charge in [0.15, 0.2) is 0 Å². The number of hydrogen-bond acceptors (Lipinski definition) is 4. The van der Waals surface area contributed by atoms with E-state index >= 15 is 0 Å². The summed E-state index contributed by atoms with van der Waals surface area (Å²) in [5.74, 6) is 2.93. The van der Waals surface area contributed by atoms with E-state index in [9.17, 15) is 5.11 Å². The predicted molar refractivity (Wildman–Crippen MR) is 81.8 cm³/mol. The number of likely N-dealkylation sites (N-methyl/N-ethyl adjacent to an activating group) is 1. The molecule has 0 aromatic rings. The van der Waals surface area contributed by atoms with Gasteiger partial charge in [0.1, 0.15) is 0 Å². The molecule has 4 nitrogen and oxygen atoms in total. The Morgan fingerprint density at radius 2 is 2.05 bits per heavy atom. The molecule has 2 bridgehead atoms. The largest absolute Gasteiger partial charge is 0.390 e. The van der Waals surface area contributed by atoms with Gasteiger partial charge in [-0.25, -0.2) is 0 Å². The molecule has 4 unspecified atom stereocenters. The zero-order valence-electron chi connectivity index (χ0n) is 12.9. The Morgan fingerprint density at radius 3 is 2.70 bits per heavy atom. The lowest BCUT2D eigenvalue weighted by molar-refractivity contribution is 0.0694. The zero-order valence-corrected chi connectivity index (χ0v) is 12.9. The van der Waals surface area contributed by atoms with Crippen molar-refractivity contribution in [2.24, 2.45) is 17.8 Å². The molecule has 4 atom stereocenters. The summed E-state index contributed by atoms with van der Waals surface area (Å²) >= 11 is 0. The van der Waals surface area contributed by atoms with E-state index < -0.39 is 0 Å². The SMILES string of the molecule is CN(CC(O)CN1CCNCC1)CC1CC2CCC1C2. The van der Waals surface area contributed by atoms with E-state index in [1.807, 2.05) is 0 Å². The Morgan fingerprint density at radius 1 is 1.25 bits per heavy atom. The standard InChI is InChI=1S/C16H31N3O/c1-18(10-15-9-13-2-3-14(15)8-13)11-16(20)12-19-6-4-17-5-7-19/h13-17,20H,2-12H2,1H3. The summed E-state index contributed by atoms with van der Waals surface area (Å²) in [6.07, 6.45) is 5.69. The van der Waals surface area contributed by atoms with E-state index in [-0.39, 0.29) is 6.10 Å². The van der Waals surface area contributed by atoms with Gasteiger partial charge in [0, 0.05) is 45.8 Å². The van der Waals surface area contributed by atoms with Crippen LogP contribution in [0.25, 0.3) is 0 Å². The second kappa shape index (κ2) is 6.73. The number of nitrogens with zero attached hydrogens (tertiary/aromatic N) is 2. The molecule has 2 aliphatic carbocycles. The van der Waals surface area contributed by atoms with Crippen molar-refractivity contribution in [1.82, 2.24) is 15.1 Å². The van der Waals surface area contributed by atoms with Crippen LogP contribution >= 0.6 is 0 Å². The normalized spacial score (nSPS) is 35.9. The molecule has 3 rings (SSSR count). The average Bonchev–Trinajstić information content (AvgIpc) is 3.01. The van der Waals surface area contributed by atoms with Gasteiger partial charge in [-0.15, -0.1) is 0 Å². The highest BCUT2D eigenvalue weighted by molar-refractivity contribution is 4.91. The molecular formula is C16H31N3O. The first-order valence-electron chi connectivity index (χ1n) is 8.50. The maximum absolute atomic E-state index is 10.3. The van der Waals surface area contributed by atoms with Crippen LogP contribution in [0.1, 0.15) is 25.7 Å². The van der Waals surface area contributed by atoms with Crippen LogP contribution in [-0.4, -0.2) is 73.9 Å². The van der Waals surface area contributed by atoms with Crippen LogP contribution in [0, 0.1) is 17.8 Å². The van der Waals surface area contributed by atoms with Crippen molar-refractivity contribution < 1.29 is 5.11 Å². The summed E-state index contributed by atoms with van der Waals surface area (Å²) in [6, 6.07) is 0. The highest BCUT2D eigenvalue weighted by Gasteiger charge is 2.39. The number of aliphatic hydroxyl groups is 1. The minimum Gasteiger partial charge on any atom is -0.390 e. The van der Waals surface area contributed by atoms with Crippen molar-refractivity contribution in [3.8, 4) is 0 Å². The van der Waals surface area contributed by atoms with Gasteiger partial charge in [-0.2, -0.15) is 0 Å². The van der Waals surface area contributed by atoms with Crippen LogP contribution < -0.4 is 5.32 Å². The summed E-state index contributed by atoms with van der Waals surface area (Å²) in [7, 11) is 2.19. The van der Waals surface area contributed by atoms with Gasteiger partial charge < -0.3 is 15.3 Å². The van der Waals surface area contributed by atoms with Crippen LogP contribution in [0.3, 0.4) is 0 Å². The number of rotatable bonds is 6. The molecule has 116 valence electrons. The van der Waals surface area contributed by atoms with E-state index in [0.717, 1.165) is 57.0 Å². The number of piperazine rings is 1. The highest BCUT2D eigenvalue weighted by Crippen LogP contribution is 2.48. The summed E-state index contributed by atoms with van der Waals surface area (Å²) < 4.78 is 0. The first-order valence-corrected chi connectivity index (χ1v) is 8.50. The van der Waals surface area contributed by atoms with E-state index in [1.165, 1.54) is 32.2 Å². The highest BCUT2D eigenvalue weighted by atomic mass is 16.3. The first-order chi connectivity index (χ1) is 9.70. The summed E-state index contributed by atoms with van der Waals surface area (Å²) in [6.45, 7) is 7.14. The molecule has 3 fully saturated rings. The predicted octanol–water partition coefficient (Wildman–Crippen LogP) is 0.621. The minimum absolute atomic E-state index is 0.198. The van der Waals surface area contributed by atoms with Crippen LogP contribution in [0.4, 0.5) is 0 Å². The van der Waals surface area contributed by atoms with E-state index in [4.69, 9.17) is 0 Å². The number of β-amino-alcohol motifs (C(OH)–C–C–N with tert-alkyl or cyclic N) is 1. The first kappa shape index (κ1) is 14.8. The third kappa shape index (κ3) is 3.73. The van der Waals surface area contributed by atoms with Crippen molar-refractivity contribution in [1.29, 1.82) is 0 Å². The molecule has 0 radical (unpaired) electrons. The van der Waals surface area contributed by atoms with E-state index in [1.54, 1.807) is 0 Å². The van der Waals surface area contributed by atoms with Crippen molar-refractivity contribution in [2.45, 2.75) is 31.8 Å². The van der Waals surface area contributed by atoms with Crippen molar-refractivity contribution >= 4 is 0 Å². The Hall–Kier alpha value is -0.160. The second-order valence-corrected chi connectivity index (χ2v) is 7.36. The third-order valence-corrected chi connectivity index (χ3v) is 5.63. The molecule has 1 saturated heterocycles. The van der Waals surface area contributed by atoms with Gasteiger partial charge in [0.2, 0.25) is 0 Å². The molecule has 3 aliphatic rings. The Balaban J connectivity index is 1.36. The van der Waals surface area contributed by atoms with Gasteiger partial charge in [-0.3, -0.25) is 4.90 Å². The maximum Gasteiger partial charge on any atom is 0.0793 e. The third-order valence-electron chi connectivity index (χ3n) is 5.63. The lowest BCUT2D eigenvalue weighted by atomic mass is 9.88. The van der Waals surface area contributed by atoms with Crippen molar-refractivity contribution in [2.75, 3.05) is 52.9 Å². The lowest BCUT2D eigenvalue weighted by Crippen LogP contribution is -2.48. The fourth-order valence-corrected chi connectivity index (χ4v) is 4.68. The molecule has 2 N–H and O–H groups in total. The van der Waals surface area contributed by atoms with Gasteiger partial charge in [-0.05, 0) is 44.1 Å². The lowest BCUT2D eigenvalue weighted by Gasteiger charge is -2.32. The van der Waals surface area contributed by atoms with Gasteiger partial charge >= 0.3 is 0 Å². The second-order valence-electron chi connectivity index (χ2n) is 7.36. The van der Waals surface area contributed by atoms with Crippen LogP contribution in [0.2, 0.25) is 0 Å².